The molecule has 0 bridgehead atoms. The van der Waals surface area contributed by atoms with E-state index in [4.69, 9.17) is 14.2 Å². The number of hydrogen-bond acceptors (Lipinski definition) is 5. The van der Waals surface area contributed by atoms with Crippen LogP contribution in [0.4, 0.5) is 5.69 Å². The Kier molecular flexibility index (Phi) is 4.12. The number of hydrogen-bond donors (Lipinski definition) is 1. The van der Waals surface area contributed by atoms with Crippen molar-refractivity contribution < 1.29 is 14.1 Å². The fourth-order valence-corrected chi connectivity index (χ4v) is 2.96. The van der Waals surface area contributed by atoms with Crippen LogP contribution in [0.5, 0.6) is 5.75 Å². The van der Waals surface area contributed by atoms with Gasteiger partial charge in [0.25, 0.3) is 5.91 Å². The first-order valence-corrected chi connectivity index (χ1v) is 8.42. The first-order valence-electron chi connectivity index (χ1n) is 8.42. The van der Waals surface area contributed by atoms with Gasteiger partial charge in [0.1, 0.15) is 22.7 Å². The van der Waals surface area contributed by atoms with Crippen molar-refractivity contribution in [2.45, 2.75) is 13.8 Å². The molecule has 7 heteroatoms. The van der Waals surface area contributed by atoms with Gasteiger partial charge in [0.15, 0.2) is 0 Å². The zero-order chi connectivity index (χ0) is 19.0. The highest BCUT2D eigenvalue weighted by molar-refractivity contribution is 6.05. The summed E-state index contributed by atoms with van der Waals surface area (Å²) in [6, 6.07) is 9.57. The van der Waals surface area contributed by atoms with Crippen molar-refractivity contribution in [1.82, 2.24) is 14.5 Å². The lowest BCUT2D eigenvalue weighted by Gasteiger charge is -2.11. The average Bonchev–Trinajstić information content (AvgIpc) is 3.28. The molecule has 0 saturated heterocycles. The molecule has 0 radical (unpaired) electrons. The minimum Gasteiger partial charge on any atom is -0.495 e. The highest BCUT2D eigenvalue weighted by Gasteiger charge is 2.16. The highest BCUT2D eigenvalue weighted by atomic mass is 16.5. The molecule has 27 heavy (non-hydrogen) atoms. The molecule has 3 heterocycles. The van der Waals surface area contributed by atoms with Gasteiger partial charge >= 0.3 is 0 Å². The fourth-order valence-electron chi connectivity index (χ4n) is 2.96. The second kappa shape index (κ2) is 6.60. The van der Waals surface area contributed by atoms with Crippen LogP contribution in [0.3, 0.4) is 0 Å². The molecule has 0 atom stereocenters. The van der Waals surface area contributed by atoms with E-state index in [1.54, 1.807) is 14.0 Å². The van der Waals surface area contributed by atoms with Gasteiger partial charge in [-0.15, -0.1) is 0 Å². The third-order valence-corrected chi connectivity index (χ3v) is 4.42. The minimum atomic E-state index is -0.310. The van der Waals surface area contributed by atoms with E-state index in [-0.39, 0.29) is 5.91 Å². The van der Waals surface area contributed by atoms with Crippen LogP contribution in [0.1, 0.15) is 21.7 Å². The first kappa shape index (κ1) is 16.8. The molecule has 0 saturated carbocycles. The van der Waals surface area contributed by atoms with Gasteiger partial charge in [0, 0.05) is 18.0 Å². The predicted molar refractivity (Wildman–Crippen MR) is 101 cm³/mol. The van der Waals surface area contributed by atoms with Gasteiger partial charge in [-0.25, -0.2) is 4.98 Å². The maximum Gasteiger partial charge on any atom is 0.260 e. The van der Waals surface area contributed by atoms with Crippen LogP contribution >= 0.6 is 0 Å². The second-order valence-corrected chi connectivity index (χ2v) is 6.21. The topological polar surface area (TPSA) is 81.7 Å². The number of amides is 1. The van der Waals surface area contributed by atoms with Gasteiger partial charge in [-0.2, -0.15) is 0 Å². The maximum atomic E-state index is 12.5. The number of pyridine rings is 1. The van der Waals surface area contributed by atoms with Crippen molar-refractivity contribution in [1.29, 1.82) is 0 Å². The number of carbonyl (C=O) groups excluding carboxylic acids is 1. The van der Waals surface area contributed by atoms with Crippen molar-refractivity contribution in [3.05, 3.63) is 65.8 Å². The van der Waals surface area contributed by atoms with E-state index < -0.39 is 0 Å². The Bertz CT molecular complexity index is 1140. The third-order valence-electron chi connectivity index (χ3n) is 4.42. The molecular formula is C20H18N4O3. The number of carbonyl (C=O) groups is 1. The van der Waals surface area contributed by atoms with Gasteiger partial charge < -0.3 is 19.0 Å². The lowest BCUT2D eigenvalue weighted by Crippen LogP contribution is -2.13. The number of imidazole rings is 1. The Labute approximate surface area is 155 Å². The van der Waals surface area contributed by atoms with Gasteiger partial charge in [-0.05, 0) is 43.7 Å². The summed E-state index contributed by atoms with van der Waals surface area (Å²) in [6.07, 6.45) is 5.31. The molecule has 0 fully saturated rings. The number of rotatable bonds is 4. The number of methoxy groups -OCH3 is 1. The Morgan fingerprint density at radius 3 is 2.81 bits per heavy atom. The zero-order valence-corrected chi connectivity index (χ0v) is 15.2. The third kappa shape index (κ3) is 3.03. The Morgan fingerprint density at radius 1 is 1.26 bits per heavy atom. The predicted octanol–water partition coefficient (Wildman–Crippen LogP) is 3.87. The van der Waals surface area contributed by atoms with Crippen LogP contribution in [-0.2, 0) is 0 Å². The smallest absolute Gasteiger partial charge is 0.260 e. The van der Waals surface area contributed by atoms with E-state index >= 15 is 0 Å². The largest absolute Gasteiger partial charge is 0.495 e. The van der Waals surface area contributed by atoms with E-state index in [1.165, 1.54) is 6.20 Å². The van der Waals surface area contributed by atoms with Crippen molar-refractivity contribution in [2.75, 3.05) is 12.4 Å². The fraction of sp³-hybridized carbons (Fsp3) is 0.150. The molecule has 1 aromatic carbocycles. The number of nitrogens with zero attached hydrogens (tertiary/aromatic N) is 3. The summed E-state index contributed by atoms with van der Waals surface area (Å²) < 4.78 is 12.3. The Hall–Kier alpha value is -3.61. The summed E-state index contributed by atoms with van der Waals surface area (Å²) in [5, 5.41) is 6.51. The molecule has 0 aliphatic carbocycles. The lowest BCUT2D eigenvalue weighted by atomic mass is 10.1. The van der Waals surface area contributed by atoms with Crippen LogP contribution in [0.25, 0.3) is 16.9 Å². The summed E-state index contributed by atoms with van der Waals surface area (Å²) in [4.78, 5) is 17.2. The molecule has 7 nitrogen and oxygen atoms in total. The number of fused-ring (bicyclic) bond motifs is 1. The van der Waals surface area contributed by atoms with Crippen LogP contribution in [0, 0.1) is 13.8 Å². The highest BCUT2D eigenvalue weighted by Crippen LogP contribution is 2.31. The molecule has 4 rings (SSSR count). The summed E-state index contributed by atoms with van der Waals surface area (Å²) in [5.74, 6) is 0.703. The SMILES string of the molecule is COc1ccc(-c2cn3cccc(C)c3n2)cc1NC(=O)c1cnoc1C. The van der Waals surface area contributed by atoms with E-state index in [9.17, 15) is 4.79 Å². The van der Waals surface area contributed by atoms with E-state index in [1.807, 2.05) is 54.0 Å². The number of anilines is 1. The molecular weight excluding hydrogens is 344 g/mol. The molecule has 0 spiro atoms. The maximum absolute atomic E-state index is 12.5. The van der Waals surface area contributed by atoms with Crippen molar-refractivity contribution >= 4 is 17.2 Å². The number of nitrogens with one attached hydrogen (secondary N) is 1. The van der Waals surface area contributed by atoms with Crippen molar-refractivity contribution in [3.63, 3.8) is 0 Å². The molecule has 0 aliphatic heterocycles. The molecule has 1 amide bonds. The molecule has 0 unspecified atom stereocenters. The van der Waals surface area contributed by atoms with Gasteiger partial charge in [0.05, 0.1) is 24.7 Å². The van der Waals surface area contributed by atoms with Gasteiger partial charge in [0.2, 0.25) is 0 Å². The first-order chi connectivity index (χ1) is 13.1. The zero-order valence-electron chi connectivity index (χ0n) is 15.2. The molecule has 136 valence electrons. The number of aromatic nitrogens is 3. The van der Waals surface area contributed by atoms with E-state index in [0.29, 0.717) is 22.8 Å². The number of aryl methyl sites for hydroxylation is 2. The lowest BCUT2D eigenvalue weighted by molar-refractivity contribution is 0.102. The van der Waals surface area contributed by atoms with Crippen molar-refractivity contribution in [2.24, 2.45) is 0 Å². The average molecular weight is 362 g/mol. The Morgan fingerprint density at radius 2 is 2.11 bits per heavy atom. The van der Waals surface area contributed by atoms with Gasteiger partial charge in [-0.1, -0.05) is 11.2 Å². The molecule has 4 aromatic rings. The van der Waals surface area contributed by atoms with E-state index in [2.05, 4.69) is 10.5 Å². The van der Waals surface area contributed by atoms with E-state index in [0.717, 1.165) is 22.5 Å². The summed E-state index contributed by atoms with van der Waals surface area (Å²) in [7, 11) is 1.56. The van der Waals surface area contributed by atoms with Crippen LogP contribution in [-0.4, -0.2) is 27.6 Å². The standard InChI is InChI=1S/C20H18N4O3/c1-12-5-4-8-24-11-17(22-19(12)24)14-6-7-18(26-3)16(9-14)23-20(25)15-10-21-27-13(15)2/h4-11H,1-3H3,(H,23,25). The number of benzene rings is 1. The normalized spacial score (nSPS) is 10.9. The second-order valence-electron chi connectivity index (χ2n) is 6.21. The minimum absolute atomic E-state index is 0.310. The molecule has 3 aromatic heterocycles. The summed E-state index contributed by atoms with van der Waals surface area (Å²) in [5.41, 5.74) is 4.60. The quantitative estimate of drug-likeness (QED) is 0.596. The number of ether oxygens (including phenoxy) is 1. The van der Waals surface area contributed by atoms with Crippen LogP contribution in [0.15, 0.2) is 53.4 Å². The molecule has 0 aliphatic rings. The Balaban J connectivity index is 1.72. The summed E-state index contributed by atoms with van der Waals surface area (Å²) in [6.45, 7) is 3.71. The summed E-state index contributed by atoms with van der Waals surface area (Å²) >= 11 is 0. The van der Waals surface area contributed by atoms with Gasteiger partial charge in [-0.3, -0.25) is 4.79 Å². The van der Waals surface area contributed by atoms with Crippen molar-refractivity contribution in [3.8, 4) is 17.0 Å². The van der Waals surface area contributed by atoms with Crippen LogP contribution < -0.4 is 10.1 Å². The monoisotopic (exact) mass is 362 g/mol. The molecule has 1 N–H and O–H groups in total. The van der Waals surface area contributed by atoms with Crippen LogP contribution in [0.2, 0.25) is 0 Å².